The second kappa shape index (κ2) is 14.3. The number of aromatic amines is 1. The Morgan fingerprint density at radius 2 is 1.76 bits per heavy atom. The summed E-state index contributed by atoms with van der Waals surface area (Å²) >= 11 is 0. The van der Waals surface area contributed by atoms with Gasteiger partial charge in [-0.05, 0) is 56.5 Å². The summed E-state index contributed by atoms with van der Waals surface area (Å²) in [5, 5.41) is 28.6. The average Bonchev–Trinajstić information content (AvgIpc) is 2.93. The van der Waals surface area contributed by atoms with E-state index in [9.17, 15) is 34.2 Å². The van der Waals surface area contributed by atoms with Crippen LogP contribution in [0.5, 0.6) is 0 Å². The first-order chi connectivity index (χ1) is 19.6. The minimum atomic E-state index is -1.59. The molecule has 2 unspecified atom stereocenters. The van der Waals surface area contributed by atoms with Gasteiger partial charge in [0.2, 0.25) is 11.9 Å². The number of fused-ring (bicyclic) bond motifs is 1. The van der Waals surface area contributed by atoms with Crippen LogP contribution in [0.2, 0.25) is 0 Å². The number of H-pyrrole nitrogens is 1. The zero-order valence-electron chi connectivity index (χ0n) is 21.9. The summed E-state index contributed by atoms with van der Waals surface area (Å²) in [4.78, 5) is 74.3. The van der Waals surface area contributed by atoms with Crippen LogP contribution in [0, 0.1) is 0 Å². The van der Waals surface area contributed by atoms with Crippen LogP contribution in [-0.4, -0.2) is 67.4 Å². The van der Waals surface area contributed by atoms with Gasteiger partial charge in [0.05, 0.1) is 30.4 Å². The molecule has 2 heterocycles. The van der Waals surface area contributed by atoms with Gasteiger partial charge in [-0.1, -0.05) is 0 Å². The number of amides is 2. The summed E-state index contributed by atoms with van der Waals surface area (Å²) in [5.41, 5.74) is 11.7. The number of carbonyl (C=O) groups excluding carboxylic acids is 3. The number of hydrogen-bond acceptors (Lipinski definition) is 12. The minimum Gasteiger partial charge on any atom is -0.548 e. The highest BCUT2D eigenvalue weighted by molar-refractivity contribution is 5.96. The second-order valence-electron chi connectivity index (χ2n) is 9.04. The third-order valence-corrected chi connectivity index (χ3v) is 5.94. The van der Waals surface area contributed by atoms with Gasteiger partial charge in [-0.2, -0.15) is 4.98 Å². The number of benzene rings is 1. The number of nitrogens with one attached hydrogen (secondary N) is 4. The third-order valence-electron chi connectivity index (χ3n) is 5.94. The van der Waals surface area contributed by atoms with Crippen molar-refractivity contribution in [1.29, 1.82) is 0 Å². The monoisotopic (exact) mass is 568 g/mol. The SMILES string of the molecule is NCCCCC(NC(=O)CCC(NC(=O)c1ccc(NCc2cnc3nc(N)[nH]c(=O)c3n2)cc1)C(=O)[O-])C(=O)O. The highest BCUT2D eigenvalue weighted by atomic mass is 16.4. The number of nitrogens with two attached hydrogens (primary N) is 2. The number of hydrogen-bond donors (Lipinski definition) is 7. The van der Waals surface area contributed by atoms with Crippen LogP contribution in [0.1, 0.15) is 48.2 Å². The molecule has 0 aliphatic carbocycles. The molecular weight excluding hydrogens is 538 g/mol. The van der Waals surface area contributed by atoms with Crippen molar-refractivity contribution in [3.05, 3.63) is 52.1 Å². The van der Waals surface area contributed by atoms with E-state index in [0.717, 1.165) is 0 Å². The van der Waals surface area contributed by atoms with Crippen LogP contribution in [0.15, 0.2) is 35.3 Å². The Balaban J connectivity index is 1.53. The van der Waals surface area contributed by atoms with E-state index in [0.29, 0.717) is 30.8 Å². The Labute approximate surface area is 233 Å². The number of nitrogens with zero attached hydrogens (tertiary/aromatic N) is 3. The van der Waals surface area contributed by atoms with Crippen molar-refractivity contribution in [2.75, 3.05) is 17.6 Å². The van der Waals surface area contributed by atoms with Gasteiger partial charge >= 0.3 is 5.97 Å². The van der Waals surface area contributed by atoms with E-state index in [-0.39, 0.29) is 48.5 Å². The van der Waals surface area contributed by atoms with Gasteiger partial charge in [-0.15, -0.1) is 0 Å². The van der Waals surface area contributed by atoms with E-state index in [1.807, 2.05) is 0 Å². The lowest BCUT2D eigenvalue weighted by molar-refractivity contribution is -0.308. The van der Waals surface area contributed by atoms with Crippen LogP contribution in [0.3, 0.4) is 0 Å². The number of aromatic nitrogens is 4. The lowest BCUT2D eigenvalue weighted by Crippen LogP contribution is -2.49. The standard InChI is InChI=1S/C25H31N9O7/c26-10-2-1-3-16(23(38)39)31-18(35)9-8-17(24(40)41)32-21(36)13-4-6-14(7-5-13)28-11-15-12-29-20-19(30-15)22(37)34-25(27)33-20/h4-7,12,16-17,28H,1-3,8-11,26H2,(H,31,35)(H,32,36)(H,38,39)(H,40,41)(H3,27,29,33,34,37)/p-1. The molecule has 0 saturated carbocycles. The average molecular weight is 569 g/mol. The molecule has 0 aliphatic heterocycles. The molecule has 2 atom stereocenters. The number of rotatable bonds is 15. The van der Waals surface area contributed by atoms with Crippen molar-refractivity contribution < 1.29 is 29.4 Å². The van der Waals surface area contributed by atoms with Crippen LogP contribution in [0.25, 0.3) is 11.2 Å². The molecule has 1 aromatic carbocycles. The number of unbranched alkanes of at least 4 members (excludes halogenated alkanes) is 1. The van der Waals surface area contributed by atoms with Gasteiger partial charge in [0.25, 0.3) is 11.5 Å². The fraction of sp³-hybridized carbons (Fsp3) is 0.360. The quantitative estimate of drug-likeness (QED) is 0.100. The number of carbonyl (C=O) groups is 4. The van der Waals surface area contributed by atoms with E-state index in [1.54, 1.807) is 12.1 Å². The van der Waals surface area contributed by atoms with Crippen LogP contribution in [-0.2, 0) is 20.9 Å². The van der Waals surface area contributed by atoms with E-state index in [2.05, 4.69) is 35.9 Å². The summed E-state index contributed by atoms with van der Waals surface area (Å²) in [6, 6.07) is 3.47. The Morgan fingerprint density at radius 1 is 1.02 bits per heavy atom. The number of aliphatic carboxylic acids is 2. The Kier molecular flexibility index (Phi) is 10.6. The van der Waals surface area contributed by atoms with E-state index in [1.165, 1.54) is 18.3 Å². The van der Waals surface area contributed by atoms with Crippen molar-refractivity contribution in [2.24, 2.45) is 5.73 Å². The summed E-state index contributed by atoms with van der Waals surface area (Å²) in [5.74, 6) is -4.23. The summed E-state index contributed by atoms with van der Waals surface area (Å²) < 4.78 is 0. The topological polar surface area (TPSA) is 271 Å². The summed E-state index contributed by atoms with van der Waals surface area (Å²) in [6.07, 6.45) is 2.10. The lowest BCUT2D eigenvalue weighted by Gasteiger charge is -2.20. The molecule has 0 radical (unpaired) electrons. The van der Waals surface area contributed by atoms with Crippen LogP contribution >= 0.6 is 0 Å². The molecule has 0 fully saturated rings. The first-order valence-electron chi connectivity index (χ1n) is 12.7. The molecule has 0 bridgehead atoms. The van der Waals surface area contributed by atoms with Gasteiger partial charge in [-0.3, -0.25) is 19.4 Å². The van der Waals surface area contributed by atoms with E-state index >= 15 is 0 Å². The maximum Gasteiger partial charge on any atom is 0.326 e. The van der Waals surface area contributed by atoms with Gasteiger partial charge in [0, 0.05) is 17.7 Å². The van der Waals surface area contributed by atoms with Crippen LogP contribution in [0.4, 0.5) is 11.6 Å². The second-order valence-corrected chi connectivity index (χ2v) is 9.04. The Morgan fingerprint density at radius 3 is 2.41 bits per heavy atom. The molecule has 3 rings (SSSR count). The third kappa shape index (κ3) is 8.96. The van der Waals surface area contributed by atoms with E-state index in [4.69, 9.17) is 11.5 Å². The van der Waals surface area contributed by atoms with Crippen molar-refractivity contribution >= 4 is 46.6 Å². The molecule has 0 spiro atoms. The Bertz CT molecular complexity index is 1460. The van der Waals surface area contributed by atoms with Crippen molar-refractivity contribution in [1.82, 2.24) is 30.6 Å². The van der Waals surface area contributed by atoms with Gasteiger partial charge in [-0.25, -0.2) is 14.8 Å². The molecule has 2 amide bonds. The highest BCUT2D eigenvalue weighted by Crippen LogP contribution is 2.12. The zero-order valence-corrected chi connectivity index (χ0v) is 21.9. The lowest BCUT2D eigenvalue weighted by atomic mass is 10.1. The predicted molar refractivity (Wildman–Crippen MR) is 144 cm³/mol. The van der Waals surface area contributed by atoms with Crippen molar-refractivity contribution in [3.63, 3.8) is 0 Å². The molecule has 16 nitrogen and oxygen atoms in total. The molecule has 0 saturated heterocycles. The molecule has 41 heavy (non-hydrogen) atoms. The molecule has 16 heteroatoms. The molecule has 2 aromatic heterocycles. The van der Waals surface area contributed by atoms with Crippen molar-refractivity contribution in [2.45, 2.75) is 50.7 Å². The normalized spacial score (nSPS) is 12.3. The molecule has 0 aliphatic rings. The highest BCUT2D eigenvalue weighted by Gasteiger charge is 2.21. The first kappa shape index (κ1) is 30.4. The summed E-state index contributed by atoms with van der Waals surface area (Å²) in [6.45, 7) is 0.591. The number of nitrogen functional groups attached to an aromatic ring is 1. The molecule has 3 aromatic rings. The molecule has 218 valence electrons. The van der Waals surface area contributed by atoms with Gasteiger partial charge < -0.3 is 42.4 Å². The fourth-order valence-corrected chi connectivity index (χ4v) is 3.77. The van der Waals surface area contributed by atoms with Crippen LogP contribution < -0.4 is 38.1 Å². The maximum absolute atomic E-state index is 12.6. The molecule has 9 N–H and O–H groups in total. The first-order valence-corrected chi connectivity index (χ1v) is 12.7. The number of carboxylic acids is 2. The zero-order chi connectivity index (χ0) is 29.9. The fourth-order valence-electron chi connectivity index (χ4n) is 3.77. The number of anilines is 2. The number of carboxylic acid groups (broad SMARTS) is 2. The Hall–Kier alpha value is -5.12. The maximum atomic E-state index is 12.6. The smallest absolute Gasteiger partial charge is 0.326 e. The predicted octanol–water partition coefficient (Wildman–Crippen LogP) is -1.77. The largest absolute Gasteiger partial charge is 0.548 e. The van der Waals surface area contributed by atoms with Gasteiger partial charge in [0.15, 0.2) is 11.2 Å². The minimum absolute atomic E-state index is 0.0367. The summed E-state index contributed by atoms with van der Waals surface area (Å²) in [7, 11) is 0. The van der Waals surface area contributed by atoms with E-state index < -0.39 is 41.4 Å². The van der Waals surface area contributed by atoms with Crippen molar-refractivity contribution in [3.8, 4) is 0 Å². The molecular formula is C25H30N9O7-. The van der Waals surface area contributed by atoms with Gasteiger partial charge in [0.1, 0.15) is 6.04 Å².